The third-order valence-corrected chi connectivity index (χ3v) is 1.02. The average molecular weight is 153 g/mol. The quantitative estimate of drug-likeness (QED) is 0.299. The summed E-state index contributed by atoms with van der Waals surface area (Å²) < 4.78 is 4.82. The van der Waals surface area contributed by atoms with Crippen molar-refractivity contribution < 1.29 is 14.6 Å². The molecule has 0 saturated heterocycles. The summed E-state index contributed by atoms with van der Waals surface area (Å²) in [7, 11) is 0. The van der Waals surface area contributed by atoms with E-state index in [9.17, 15) is 9.90 Å². The maximum atomic E-state index is 10.1. The van der Waals surface area contributed by atoms with Crippen molar-refractivity contribution in [3.63, 3.8) is 0 Å². The summed E-state index contributed by atoms with van der Waals surface area (Å²) in [6, 6.07) is 0. The lowest BCUT2D eigenvalue weighted by Gasteiger charge is -2.04. The highest BCUT2D eigenvalue weighted by Crippen LogP contribution is 1.95. The lowest BCUT2D eigenvalue weighted by Crippen LogP contribution is -2.24. The highest BCUT2D eigenvalue weighted by atomic mass is 16.5. The van der Waals surface area contributed by atoms with E-state index in [1.54, 1.807) is 0 Å². The summed E-state index contributed by atoms with van der Waals surface area (Å²) in [4.78, 5) is 10.1. The number of rotatable bonds is 5. The van der Waals surface area contributed by atoms with E-state index in [0.29, 0.717) is 0 Å². The van der Waals surface area contributed by atoms with Crippen LogP contribution < -0.4 is 5.11 Å². The number of carbonyl (C=O) groups excluding carboxylic acids is 1. The first kappa shape index (κ1) is 9.73. The molecule has 0 rings (SSSR count). The van der Waals surface area contributed by atoms with Crippen LogP contribution in [0.3, 0.4) is 0 Å². The molecule has 60 valence electrons. The van der Waals surface area contributed by atoms with Crippen LogP contribution in [0.15, 0.2) is 12.2 Å². The van der Waals surface area contributed by atoms with Gasteiger partial charge in [-0.25, -0.2) is 0 Å². The summed E-state index contributed by atoms with van der Waals surface area (Å²) in [5.74, 6) is 1.01. The van der Waals surface area contributed by atoms with Crippen LogP contribution in [0.25, 0.3) is 0 Å². The van der Waals surface area contributed by atoms with E-state index in [4.69, 9.17) is 11.2 Å². The summed E-state index contributed by atoms with van der Waals surface area (Å²) in [6.07, 6.45) is 5.13. The Kier molecular flexibility index (Phi) is 4.87. The van der Waals surface area contributed by atoms with Gasteiger partial charge in [-0.3, -0.25) is 0 Å². The summed E-state index contributed by atoms with van der Waals surface area (Å²) >= 11 is 0. The molecule has 0 heterocycles. The van der Waals surface area contributed by atoms with Crippen LogP contribution in [0.4, 0.5) is 0 Å². The summed E-state index contributed by atoms with van der Waals surface area (Å²) in [5.41, 5.74) is 0.0296. The molecule has 3 nitrogen and oxygen atoms in total. The molecule has 0 saturated carbocycles. The molecule has 0 aromatic heterocycles. The number of carboxylic acids is 1. The van der Waals surface area contributed by atoms with Crippen LogP contribution in [0.5, 0.6) is 0 Å². The van der Waals surface area contributed by atoms with Gasteiger partial charge in [0.2, 0.25) is 0 Å². The summed E-state index contributed by atoms with van der Waals surface area (Å²) in [5, 5.41) is 10.1. The van der Waals surface area contributed by atoms with E-state index in [-0.39, 0.29) is 25.2 Å². The lowest BCUT2D eigenvalue weighted by atomic mass is 10.2. The maximum Gasteiger partial charge on any atom is 0.107 e. The monoisotopic (exact) mass is 153 g/mol. The Bertz CT molecular complexity index is 188. The zero-order chi connectivity index (χ0) is 8.69. The van der Waals surface area contributed by atoms with Gasteiger partial charge in [0, 0.05) is 0 Å². The molecular formula is C8H9O3-. The van der Waals surface area contributed by atoms with Crippen molar-refractivity contribution in [2.45, 2.75) is 6.42 Å². The van der Waals surface area contributed by atoms with Crippen LogP contribution in [0, 0.1) is 12.3 Å². The molecule has 0 aromatic carbocycles. The molecule has 0 unspecified atom stereocenters. The second-order valence-corrected chi connectivity index (χ2v) is 1.90. The molecule has 0 aromatic rings. The number of aliphatic carboxylic acids is 1. The number of hydrogen-bond donors (Lipinski definition) is 0. The zero-order valence-electron chi connectivity index (χ0n) is 6.13. The molecule has 0 amide bonds. The molecule has 0 atom stereocenters. The van der Waals surface area contributed by atoms with E-state index in [1.807, 2.05) is 0 Å². The second kappa shape index (κ2) is 5.51. The number of terminal acetylenes is 1. The van der Waals surface area contributed by atoms with Crippen molar-refractivity contribution in [2.75, 3.05) is 13.2 Å². The van der Waals surface area contributed by atoms with Crippen LogP contribution in [-0.4, -0.2) is 19.2 Å². The molecule has 0 N–H and O–H groups in total. The SMILES string of the molecule is C#CCOCCC(=C)C(=O)[O-]. The van der Waals surface area contributed by atoms with Gasteiger partial charge in [0.25, 0.3) is 0 Å². The van der Waals surface area contributed by atoms with Crippen molar-refractivity contribution in [1.82, 2.24) is 0 Å². The third-order valence-electron chi connectivity index (χ3n) is 1.02. The van der Waals surface area contributed by atoms with Crippen LogP contribution >= 0.6 is 0 Å². The Balaban J connectivity index is 3.34. The van der Waals surface area contributed by atoms with E-state index in [2.05, 4.69) is 12.5 Å². The van der Waals surface area contributed by atoms with Gasteiger partial charge in [-0.15, -0.1) is 6.42 Å². The number of ether oxygens (including phenoxy) is 1. The van der Waals surface area contributed by atoms with Crippen LogP contribution in [0.2, 0.25) is 0 Å². The molecule has 0 spiro atoms. The van der Waals surface area contributed by atoms with Crippen molar-refractivity contribution >= 4 is 5.97 Å². The Labute approximate surface area is 65.7 Å². The van der Waals surface area contributed by atoms with Gasteiger partial charge in [-0.1, -0.05) is 12.5 Å². The minimum Gasteiger partial charge on any atom is -0.545 e. The molecular weight excluding hydrogens is 144 g/mol. The van der Waals surface area contributed by atoms with Gasteiger partial charge in [0.15, 0.2) is 0 Å². The fraction of sp³-hybridized carbons (Fsp3) is 0.375. The highest BCUT2D eigenvalue weighted by Gasteiger charge is 1.93. The lowest BCUT2D eigenvalue weighted by molar-refractivity contribution is -0.299. The standard InChI is InChI=1S/C8H10O3/c1-3-5-11-6-4-7(2)8(9)10/h1H,2,4-6H2,(H,9,10)/p-1. The smallest absolute Gasteiger partial charge is 0.107 e. The first-order valence-electron chi connectivity index (χ1n) is 3.08. The van der Waals surface area contributed by atoms with Gasteiger partial charge in [0.1, 0.15) is 6.61 Å². The van der Waals surface area contributed by atoms with Gasteiger partial charge in [-0.2, -0.15) is 0 Å². The van der Waals surface area contributed by atoms with Gasteiger partial charge in [-0.05, 0) is 12.0 Å². The molecule has 11 heavy (non-hydrogen) atoms. The van der Waals surface area contributed by atoms with Crippen LogP contribution in [-0.2, 0) is 9.53 Å². The van der Waals surface area contributed by atoms with Gasteiger partial charge < -0.3 is 14.6 Å². The normalized spacial score (nSPS) is 8.64. The van der Waals surface area contributed by atoms with Crippen molar-refractivity contribution in [3.05, 3.63) is 12.2 Å². The first-order valence-corrected chi connectivity index (χ1v) is 3.08. The third kappa shape index (κ3) is 5.19. The maximum absolute atomic E-state index is 10.1. The van der Waals surface area contributed by atoms with Crippen molar-refractivity contribution in [1.29, 1.82) is 0 Å². The number of hydrogen-bond acceptors (Lipinski definition) is 3. The molecule has 0 aliphatic heterocycles. The van der Waals surface area contributed by atoms with E-state index < -0.39 is 5.97 Å². The average Bonchev–Trinajstić information content (AvgIpc) is 1.97. The molecule has 0 aliphatic carbocycles. The van der Waals surface area contributed by atoms with E-state index >= 15 is 0 Å². The zero-order valence-corrected chi connectivity index (χ0v) is 6.13. The van der Waals surface area contributed by atoms with Gasteiger partial charge >= 0.3 is 0 Å². The number of carboxylic acid groups (broad SMARTS) is 1. The van der Waals surface area contributed by atoms with Crippen molar-refractivity contribution in [2.24, 2.45) is 0 Å². The molecule has 0 aliphatic rings. The fourth-order valence-electron chi connectivity index (χ4n) is 0.429. The summed E-state index contributed by atoms with van der Waals surface area (Å²) in [6.45, 7) is 3.73. The predicted octanol–water partition coefficient (Wildman–Crippen LogP) is -0.668. The fourth-order valence-corrected chi connectivity index (χ4v) is 0.429. The Morgan fingerprint density at radius 3 is 2.82 bits per heavy atom. The minimum absolute atomic E-state index is 0.0296. The van der Waals surface area contributed by atoms with E-state index in [0.717, 1.165) is 0 Å². The Hall–Kier alpha value is -1.27. The molecule has 3 heteroatoms. The Morgan fingerprint density at radius 1 is 1.73 bits per heavy atom. The van der Waals surface area contributed by atoms with E-state index in [1.165, 1.54) is 0 Å². The number of carbonyl (C=O) groups is 1. The first-order chi connectivity index (χ1) is 5.18. The molecule has 0 radical (unpaired) electrons. The largest absolute Gasteiger partial charge is 0.545 e. The predicted molar refractivity (Wildman–Crippen MR) is 38.4 cm³/mol. The topological polar surface area (TPSA) is 49.4 Å². The van der Waals surface area contributed by atoms with Crippen LogP contribution in [0.1, 0.15) is 6.42 Å². The minimum atomic E-state index is -1.24. The second-order valence-electron chi connectivity index (χ2n) is 1.90. The molecule has 0 bridgehead atoms. The van der Waals surface area contributed by atoms with Crippen molar-refractivity contribution in [3.8, 4) is 12.3 Å². The Morgan fingerprint density at radius 2 is 2.36 bits per heavy atom. The van der Waals surface area contributed by atoms with Gasteiger partial charge in [0.05, 0.1) is 12.6 Å². The highest BCUT2D eigenvalue weighted by molar-refractivity contribution is 5.83. The molecule has 0 fully saturated rings.